The van der Waals surface area contributed by atoms with Crippen molar-refractivity contribution in [1.29, 1.82) is 0 Å². The molecule has 2 rings (SSSR count). The van der Waals surface area contributed by atoms with Crippen LogP contribution in [0.15, 0.2) is 29.0 Å². The van der Waals surface area contributed by atoms with Crippen molar-refractivity contribution in [3.8, 4) is 17.1 Å². The first-order chi connectivity index (χ1) is 7.76. The Balaban J connectivity index is 2.58. The Morgan fingerprint density at radius 3 is 2.94 bits per heavy atom. The van der Waals surface area contributed by atoms with Crippen molar-refractivity contribution in [3.63, 3.8) is 0 Å². The fourth-order valence-electron chi connectivity index (χ4n) is 1.63. The first kappa shape index (κ1) is 10.7. The van der Waals surface area contributed by atoms with Crippen molar-refractivity contribution < 1.29 is 9.15 Å². The van der Waals surface area contributed by atoms with Crippen molar-refractivity contribution in [2.24, 2.45) is 5.73 Å². The summed E-state index contributed by atoms with van der Waals surface area (Å²) in [6.45, 7) is 2.37. The van der Waals surface area contributed by atoms with Crippen LogP contribution in [0.1, 0.15) is 11.3 Å². The van der Waals surface area contributed by atoms with Gasteiger partial charge in [0, 0.05) is 6.54 Å². The Hall–Kier alpha value is -1.81. The van der Waals surface area contributed by atoms with Gasteiger partial charge in [-0.1, -0.05) is 11.6 Å². The van der Waals surface area contributed by atoms with Crippen molar-refractivity contribution in [3.05, 3.63) is 35.9 Å². The van der Waals surface area contributed by atoms with Gasteiger partial charge in [0.1, 0.15) is 11.4 Å². The van der Waals surface area contributed by atoms with Gasteiger partial charge < -0.3 is 14.9 Å². The zero-order valence-electron chi connectivity index (χ0n) is 9.36. The summed E-state index contributed by atoms with van der Waals surface area (Å²) in [5.74, 6) is 1.44. The minimum Gasteiger partial charge on any atom is -0.496 e. The fourth-order valence-corrected chi connectivity index (χ4v) is 1.63. The zero-order chi connectivity index (χ0) is 11.5. The number of hydrogen-bond donors (Lipinski definition) is 1. The van der Waals surface area contributed by atoms with Gasteiger partial charge in [0.2, 0.25) is 0 Å². The Kier molecular flexibility index (Phi) is 2.92. The van der Waals surface area contributed by atoms with Crippen LogP contribution in [0.25, 0.3) is 11.3 Å². The lowest BCUT2D eigenvalue weighted by atomic mass is 10.1. The topological polar surface area (TPSA) is 61.3 Å². The molecule has 0 saturated carbocycles. The van der Waals surface area contributed by atoms with E-state index in [1.807, 2.05) is 25.1 Å². The highest BCUT2D eigenvalue weighted by Gasteiger charge is 2.14. The molecule has 4 nitrogen and oxygen atoms in total. The van der Waals surface area contributed by atoms with E-state index >= 15 is 0 Å². The number of oxazole rings is 1. The molecule has 2 aromatic rings. The first-order valence-corrected chi connectivity index (χ1v) is 5.03. The summed E-state index contributed by atoms with van der Waals surface area (Å²) in [6.07, 6.45) is 1.40. The number of aromatic nitrogens is 1. The van der Waals surface area contributed by atoms with E-state index < -0.39 is 0 Å². The maximum atomic E-state index is 5.60. The van der Waals surface area contributed by atoms with E-state index in [9.17, 15) is 0 Å². The SMILES string of the molecule is COc1ccc(C)cc1-c1ocnc1CN. The van der Waals surface area contributed by atoms with Crippen LogP contribution < -0.4 is 10.5 Å². The highest BCUT2D eigenvalue weighted by Crippen LogP contribution is 2.32. The summed E-state index contributed by atoms with van der Waals surface area (Å²) in [5.41, 5.74) is 8.36. The van der Waals surface area contributed by atoms with Crippen LogP contribution in [0, 0.1) is 6.92 Å². The van der Waals surface area contributed by atoms with Crippen molar-refractivity contribution in [1.82, 2.24) is 4.98 Å². The first-order valence-electron chi connectivity index (χ1n) is 5.03. The van der Waals surface area contributed by atoms with Crippen molar-refractivity contribution in [2.75, 3.05) is 7.11 Å². The maximum absolute atomic E-state index is 5.60. The summed E-state index contributed by atoms with van der Waals surface area (Å²) < 4.78 is 10.7. The number of hydrogen-bond acceptors (Lipinski definition) is 4. The van der Waals surface area contributed by atoms with Crippen molar-refractivity contribution in [2.45, 2.75) is 13.5 Å². The second kappa shape index (κ2) is 4.37. The summed E-state index contributed by atoms with van der Waals surface area (Å²) in [4.78, 5) is 4.07. The maximum Gasteiger partial charge on any atom is 0.181 e. The van der Waals surface area contributed by atoms with Gasteiger partial charge in [-0.3, -0.25) is 0 Å². The molecule has 1 heterocycles. The highest BCUT2D eigenvalue weighted by molar-refractivity contribution is 5.68. The molecule has 0 aliphatic rings. The lowest BCUT2D eigenvalue weighted by Crippen LogP contribution is -1.99. The van der Waals surface area contributed by atoms with Gasteiger partial charge in [-0.15, -0.1) is 0 Å². The average molecular weight is 218 g/mol. The molecular weight excluding hydrogens is 204 g/mol. The average Bonchev–Trinajstić information content (AvgIpc) is 2.76. The normalized spacial score (nSPS) is 10.4. The molecule has 0 bridgehead atoms. The van der Waals surface area contributed by atoms with E-state index in [0.717, 1.165) is 22.6 Å². The van der Waals surface area contributed by atoms with Gasteiger partial charge in [0.25, 0.3) is 0 Å². The molecule has 0 radical (unpaired) electrons. The standard InChI is InChI=1S/C12H14N2O2/c1-8-3-4-11(15-2)9(5-8)12-10(6-13)14-7-16-12/h3-5,7H,6,13H2,1-2H3. The Labute approximate surface area is 94.1 Å². The van der Waals surface area contributed by atoms with Gasteiger partial charge in [-0.25, -0.2) is 4.98 Å². The number of benzene rings is 1. The minimum absolute atomic E-state index is 0.350. The number of ether oxygens (including phenoxy) is 1. The molecule has 4 heteroatoms. The molecule has 1 aromatic heterocycles. The van der Waals surface area contributed by atoms with Gasteiger partial charge in [-0.2, -0.15) is 0 Å². The monoisotopic (exact) mass is 218 g/mol. The molecule has 0 unspecified atom stereocenters. The molecule has 0 spiro atoms. The number of methoxy groups -OCH3 is 1. The lowest BCUT2D eigenvalue weighted by molar-refractivity contribution is 0.414. The number of nitrogens with two attached hydrogens (primary N) is 1. The number of aryl methyl sites for hydroxylation is 1. The van der Waals surface area contributed by atoms with Crippen molar-refractivity contribution >= 4 is 0 Å². The highest BCUT2D eigenvalue weighted by atomic mass is 16.5. The van der Waals surface area contributed by atoms with Crippen LogP contribution >= 0.6 is 0 Å². The zero-order valence-corrected chi connectivity index (χ0v) is 9.36. The van der Waals surface area contributed by atoms with E-state index in [-0.39, 0.29) is 0 Å². The third-order valence-corrected chi connectivity index (χ3v) is 2.43. The Bertz CT molecular complexity index is 492. The number of rotatable bonds is 3. The van der Waals surface area contributed by atoms with Gasteiger partial charge >= 0.3 is 0 Å². The van der Waals surface area contributed by atoms with Crippen LogP contribution in [-0.4, -0.2) is 12.1 Å². The molecule has 0 aliphatic heterocycles. The molecule has 0 aliphatic carbocycles. The smallest absolute Gasteiger partial charge is 0.181 e. The Morgan fingerprint density at radius 2 is 2.25 bits per heavy atom. The van der Waals surface area contributed by atoms with E-state index in [0.29, 0.717) is 12.3 Å². The quantitative estimate of drug-likeness (QED) is 0.857. The second-order valence-electron chi connectivity index (χ2n) is 3.54. The summed E-state index contributed by atoms with van der Waals surface area (Å²) in [7, 11) is 1.63. The third kappa shape index (κ3) is 1.79. The minimum atomic E-state index is 0.350. The molecular formula is C12H14N2O2. The fraction of sp³-hybridized carbons (Fsp3) is 0.250. The molecule has 0 saturated heterocycles. The van der Waals surface area contributed by atoms with E-state index in [4.69, 9.17) is 14.9 Å². The van der Waals surface area contributed by atoms with E-state index in [1.54, 1.807) is 7.11 Å². The molecule has 0 amide bonds. The number of nitrogens with zero attached hydrogens (tertiary/aromatic N) is 1. The lowest BCUT2D eigenvalue weighted by Gasteiger charge is -2.07. The molecule has 0 atom stereocenters. The van der Waals surface area contributed by atoms with Gasteiger partial charge in [-0.05, 0) is 19.1 Å². The molecule has 84 valence electrons. The molecule has 2 N–H and O–H groups in total. The predicted octanol–water partition coefficient (Wildman–Crippen LogP) is 2.12. The Morgan fingerprint density at radius 1 is 1.44 bits per heavy atom. The van der Waals surface area contributed by atoms with Gasteiger partial charge in [0.15, 0.2) is 12.2 Å². The van der Waals surface area contributed by atoms with Crippen LogP contribution in [0.5, 0.6) is 5.75 Å². The van der Waals surface area contributed by atoms with Crippen LogP contribution in [-0.2, 0) is 6.54 Å². The van der Waals surface area contributed by atoms with E-state index in [2.05, 4.69) is 4.98 Å². The summed E-state index contributed by atoms with van der Waals surface area (Å²) >= 11 is 0. The van der Waals surface area contributed by atoms with Crippen LogP contribution in [0.4, 0.5) is 0 Å². The van der Waals surface area contributed by atoms with Crippen LogP contribution in [0.3, 0.4) is 0 Å². The van der Waals surface area contributed by atoms with E-state index in [1.165, 1.54) is 6.39 Å². The molecule has 1 aromatic carbocycles. The summed E-state index contributed by atoms with van der Waals surface area (Å²) in [6, 6.07) is 5.90. The second-order valence-corrected chi connectivity index (χ2v) is 3.54. The third-order valence-electron chi connectivity index (χ3n) is 2.43. The molecule has 16 heavy (non-hydrogen) atoms. The van der Waals surface area contributed by atoms with Gasteiger partial charge in [0.05, 0.1) is 12.7 Å². The molecule has 0 fully saturated rings. The predicted molar refractivity (Wildman–Crippen MR) is 61.1 cm³/mol. The largest absolute Gasteiger partial charge is 0.496 e. The summed E-state index contributed by atoms with van der Waals surface area (Å²) in [5, 5.41) is 0. The van der Waals surface area contributed by atoms with Crippen LogP contribution in [0.2, 0.25) is 0 Å².